The van der Waals surface area contributed by atoms with Crippen molar-refractivity contribution in [2.45, 2.75) is 11.8 Å². The molecule has 3 aliphatic carbocycles. The first-order chi connectivity index (χ1) is 27.9. The first-order valence-electron chi connectivity index (χ1n) is 20.3. The quantitative estimate of drug-likeness (QED) is 0.124. The van der Waals surface area contributed by atoms with E-state index in [-0.39, 0.29) is 42.0 Å². The maximum Gasteiger partial charge on any atom is 0.179 e. The van der Waals surface area contributed by atoms with Crippen LogP contribution in [0.15, 0.2) is 194 Å². The first-order valence-corrected chi connectivity index (χ1v) is 20.7. The molecule has 244 valence electrons. The van der Waals surface area contributed by atoms with Crippen molar-refractivity contribution >= 4 is 60.3 Å². The molecule has 0 N–H and O–H groups in total. The third-order valence-corrected chi connectivity index (χ3v) is 17.3. The lowest BCUT2D eigenvalue weighted by Gasteiger charge is -2.47. The van der Waals surface area contributed by atoms with Crippen molar-refractivity contribution in [2.24, 2.45) is 0 Å². The molecule has 0 saturated heterocycles. The van der Waals surface area contributed by atoms with Crippen molar-refractivity contribution in [1.82, 2.24) is 0 Å². The summed E-state index contributed by atoms with van der Waals surface area (Å²) in [7, 11) is -3.68. The Kier molecular flexibility index (Phi) is 5.63. The van der Waals surface area contributed by atoms with Gasteiger partial charge in [0.05, 0.1) is 6.85 Å². The number of benzene rings is 8. The highest BCUT2D eigenvalue weighted by Crippen LogP contribution is 2.57. The maximum absolute atomic E-state index is 9.63. The van der Waals surface area contributed by atoms with Crippen LogP contribution in [0.4, 0.5) is 0 Å². The molecular weight excluding hydrogens is 661 g/mol. The van der Waals surface area contributed by atoms with Gasteiger partial charge in [-0.3, -0.25) is 0 Å². The van der Waals surface area contributed by atoms with E-state index in [0.717, 1.165) is 15.6 Å². The lowest BCUT2D eigenvalue weighted by Crippen LogP contribution is -2.75. The summed E-state index contributed by atoms with van der Waals surface area (Å²) in [6.45, 7) is 0. The molecule has 2 unspecified atom stereocenters. The lowest BCUT2D eigenvalue weighted by atomic mass is 9.60. The maximum atomic E-state index is 9.63. The molecule has 0 amide bonds. The van der Waals surface area contributed by atoms with Crippen molar-refractivity contribution in [3.05, 3.63) is 227 Å². The standard InChI is InChI=1S/C50H34SSi/c1-4-16-34(17-5-1)52(35-18-6-2-7-19-35,36-20-8-3-9-21-36)46-29-15-27-43-47-40-23-10-11-24-41(40)50(49(43)46)48-37(25-14-26-42(47)48)33-30-31-39-38-22-12-13-28-44(38)51-45(39)32-33/h1-32,47,50H/i1D,4D,5D,16D,17D. The third kappa shape index (κ3) is 4.14. The van der Waals surface area contributed by atoms with Gasteiger partial charge in [0.25, 0.3) is 0 Å². The van der Waals surface area contributed by atoms with Crippen molar-refractivity contribution in [3.63, 3.8) is 0 Å². The zero-order valence-corrected chi connectivity index (χ0v) is 30.0. The Morgan fingerprint density at radius 2 is 1.04 bits per heavy atom. The van der Waals surface area contributed by atoms with Gasteiger partial charge in [-0.05, 0) is 77.4 Å². The average Bonchev–Trinajstić information content (AvgIpc) is 3.64. The van der Waals surface area contributed by atoms with E-state index in [9.17, 15) is 2.74 Å². The van der Waals surface area contributed by atoms with E-state index in [2.05, 4.69) is 127 Å². The fourth-order valence-electron chi connectivity index (χ4n) is 9.50. The fourth-order valence-corrected chi connectivity index (χ4v) is 15.4. The molecule has 9 aromatic rings. The first kappa shape index (κ1) is 25.2. The van der Waals surface area contributed by atoms with E-state index in [1.807, 2.05) is 47.7 Å². The predicted octanol–water partition coefficient (Wildman–Crippen LogP) is 10.1. The van der Waals surface area contributed by atoms with Crippen LogP contribution < -0.4 is 20.7 Å². The zero-order valence-electron chi connectivity index (χ0n) is 33.2. The molecule has 2 atom stereocenters. The highest BCUT2D eigenvalue weighted by Gasteiger charge is 2.49. The van der Waals surface area contributed by atoms with Crippen molar-refractivity contribution < 1.29 is 6.85 Å². The van der Waals surface area contributed by atoms with Crippen LogP contribution in [0.3, 0.4) is 0 Å². The molecule has 8 aromatic carbocycles. The average molecular weight is 700 g/mol. The molecule has 52 heavy (non-hydrogen) atoms. The van der Waals surface area contributed by atoms with Gasteiger partial charge in [-0.15, -0.1) is 11.3 Å². The van der Waals surface area contributed by atoms with E-state index >= 15 is 0 Å². The summed E-state index contributed by atoms with van der Waals surface area (Å²) in [5.41, 5.74) is 9.92. The van der Waals surface area contributed by atoms with E-state index in [0.29, 0.717) is 5.19 Å². The van der Waals surface area contributed by atoms with E-state index in [1.165, 1.54) is 64.7 Å². The van der Waals surface area contributed by atoms with E-state index < -0.39 is 8.07 Å². The van der Waals surface area contributed by atoms with Crippen molar-refractivity contribution in [1.29, 1.82) is 0 Å². The fraction of sp³-hybridized carbons (Fsp3) is 0.0400. The lowest BCUT2D eigenvalue weighted by molar-refractivity contribution is 0.760. The van der Waals surface area contributed by atoms with E-state index in [1.54, 1.807) is 0 Å². The summed E-state index contributed by atoms with van der Waals surface area (Å²) < 4.78 is 48.4. The number of hydrogen-bond acceptors (Lipinski definition) is 1. The Bertz CT molecular complexity index is 3030. The third-order valence-electron chi connectivity index (χ3n) is 11.5. The van der Waals surface area contributed by atoms with Crippen LogP contribution in [0, 0.1) is 0 Å². The van der Waals surface area contributed by atoms with Crippen LogP contribution in [0.2, 0.25) is 0 Å². The van der Waals surface area contributed by atoms with Crippen LogP contribution in [0.1, 0.15) is 52.1 Å². The molecule has 12 rings (SSSR count). The second kappa shape index (κ2) is 11.6. The number of hydrogen-bond donors (Lipinski definition) is 0. The summed E-state index contributed by atoms with van der Waals surface area (Å²) in [6, 6.07) is 56.9. The molecule has 0 spiro atoms. The highest BCUT2D eigenvalue weighted by atomic mass is 32.1. The second-order valence-electron chi connectivity index (χ2n) is 13.9. The van der Waals surface area contributed by atoms with Gasteiger partial charge in [0.2, 0.25) is 0 Å². The Morgan fingerprint density at radius 1 is 0.442 bits per heavy atom. The van der Waals surface area contributed by atoms with Gasteiger partial charge in [0, 0.05) is 32.0 Å². The molecular formula is C50H34SSi. The Balaban J connectivity index is 1.27. The largest absolute Gasteiger partial charge is 0.179 e. The van der Waals surface area contributed by atoms with Gasteiger partial charge in [-0.1, -0.05) is 182 Å². The van der Waals surface area contributed by atoms with Gasteiger partial charge in [-0.2, -0.15) is 0 Å². The Hall–Kier alpha value is -5.80. The minimum Gasteiger partial charge on any atom is -0.135 e. The molecule has 0 aliphatic heterocycles. The molecule has 2 heteroatoms. The SMILES string of the molecule is [2H]c1c([2H])c([2H])c([Si](c2ccccc2)(c2ccccc2)c2cccc3c2C2c4ccccc4C3c3cccc(-c4ccc5c(c4)sc4ccccc45)c32)c([2H])c1[2H]. The molecule has 2 bridgehead atoms. The van der Waals surface area contributed by atoms with Crippen LogP contribution in [0.25, 0.3) is 31.3 Å². The molecule has 0 saturated carbocycles. The smallest absolute Gasteiger partial charge is 0.135 e. The summed E-state index contributed by atoms with van der Waals surface area (Å²) in [4.78, 5) is 0. The highest BCUT2D eigenvalue weighted by molar-refractivity contribution is 7.25. The molecule has 3 aliphatic rings. The van der Waals surface area contributed by atoms with Crippen molar-refractivity contribution in [3.8, 4) is 11.1 Å². The summed E-state index contributed by atoms with van der Waals surface area (Å²) in [5.74, 6) is -0.201. The molecule has 1 heterocycles. The van der Waals surface area contributed by atoms with Crippen molar-refractivity contribution in [2.75, 3.05) is 0 Å². The topological polar surface area (TPSA) is 0 Å². The minimum absolute atomic E-state index is 0.0394. The van der Waals surface area contributed by atoms with Crippen LogP contribution in [-0.2, 0) is 0 Å². The van der Waals surface area contributed by atoms with Gasteiger partial charge < -0.3 is 0 Å². The molecule has 0 fully saturated rings. The number of rotatable bonds is 5. The Labute approximate surface area is 316 Å². The molecule has 0 nitrogen and oxygen atoms in total. The summed E-state index contributed by atoms with van der Waals surface area (Å²) >= 11 is 1.83. The van der Waals surface area contributed by atoms with Gasteiger partial charge in [-0.25, -0.2) is 0 Å². The number of thiophene rings is 1. The predicted molar refractivity (Wildman–Crippen MR) is 223 cm³/mol. The molecule has 0 radical (unpaired) electrons. The van der Waals surface area contributed by atoms with Gasteiger partial charge in [0.15, 0.2) is 8.07 Å². The summed E-state index contributed by atoms with van der Waals surface area (Å²) in [6.07, 6.45) is 0. The number of fused-ring (bicyclic) bond motifs is 3. The van der Waals surface area contributed by atoms with Crippen LogP contribution in [0.5, 0.6) is 0 Å². The van der Waals surface area contributed by atoms with E-state index in [4.69, 9.17) is 4.11 Å². The minimum atomic E-state index is -3.68. The zero-order chi connectivity index (χ0) is 38.6. The monoisotopic (exact) mass is 699 g/mol. The van der Waals surface area contributed by atoms with Crippen LogP contribution in [-0.4, -0.2) is 8.07 Å². The normalized spacial score (nSPS) is 17.0. The van der Waals surface area contributed by atoms with Gasteiger partial charge >= 0.3 is 0 Å². The van der Waals surface area contributed by atoms with Gasteiger partial charge in [0.1, 0.15) is 0 Å². The second-order valence-corrected chi connectivity index (χ2v) is 18.7. The summed E-state index contributed by atoms with van der Waals surface area (Å²) in [5, 5.41) is 5.94. The molecule has 1 aromatic heterocycles. The Morgan fingerprint density at radius 3 is 1.79 bits per heavy atom. The van der Waals surface area contributed by atoms with Crippen LogP contribution >= 0.6 is 11.3 Å².